The summed E-state index contributed by atoms with van der Waals surface area (Å²) in [6.07, 6.45) is 3.67. The van der Waals surface area contributed by atoms with E-state index >= 15 is 0 Å². The van der Waals surface area contributed by atoms with Crippen LogP contribution in [0.15, 0.2) is 47.0 Å². The minimum Gasteiger partial charge on any atom is -0.440 e. The van der Waals surface area contributed by atoms with Crippen LogP contribution in [0.1, 0.15) is 44.2 Å². The van der Waals surface area contributed by atoms with Crippen LogP contribution in [-0.2, 0) is 11.3 Å². The second kappa shape index (κ2) is 7.48. The number of nitrogens with zero attached hydrogens (tertiary/aromatic N) is 3. The number of hydrogen-bond acceptors (Lipinski definition) is 5. The molecule has 6 nitrogen and oxygen atoms in total. The van der Waals surface area contributed by atoms with Gasteiger partial charge in [-0.1, -0.05) is 19.9 Å². The summed E-state index contributed by atoms with van der Waals surface area (Å²) in [6, 6.07) is 11.4. The van der Waals surface area contributed by atoms with Gasteiger partial charge in [-0.2, -0.15) is 0 Å². The molecule has 1 aromatic carbocycles. The van der Waals surface area contributed by atoms with E-state index in [2.05, 4.69) is 20.2 Å². The van der Waals surface area contributed by atoms with Crippen LogP contribution in [-0.4, -0.2) is 33.4 Å². The van der Waals surface area contributed by atoms with Gasteiger partial charge in [0, 0.05) is 24.3 Å². The number of benzene rings is 1. The molecule has 4 rings (SSSR count). The Morgan fingerprint density at radius 1 is 1.33 bits per heavy atom. The van der Waals surface area contributed by atoms with Crippen molar-refractivity contribution in [2.45, 2.75) is 45.2 Å². The quantitative estimate of drug-likeness (QED) is 0.742. The van der Waals surface area contributed by atoms with Crippen molar-refractivity contribution in [1.82, 2.24) is 14.9 Å². The van der Waals surface area contributed by atoms with Crippen LogP contribution in [0.25, 0.3) is 11.1 Å². The monoisotopic (exact) mass is 364 g/mol. The number of amides is 1. The number of oxazole rings is 1. The van der Waals surface area contributed by atoms with Gasteiger partial charge < -0.3 is 9.73 Å². The zero-order chi connectivity index (χ0) is 18.8. The maximum atomic E-state index is 12.8. The van der Waals surface area contributed by atoms with Crippen LogP contribution < -0.4 is 5.32 Å². The minimum atomic E-state index is -0.133. The fourth-order valence-electron chi connectivity index (χ4n) is 3.51. The van der Waals surface area contributed by atoms with Crippen LogP contribution in [0.5, 0.6) is 0 Å². The van der Waals surface area contributed by atoms with Gasteiger partial charge in [0.05, 0.1) is 11.7 Å². The molecular weight excluding hydrogens is 340 g/mol. The van der Waals surface area contributed by atoms with E-state index in [1.165, 1.54) is 0 Å². The topological polar surface area (TPSA) is 71.3 Å². The lowest BCUT2D eigenvalue weighted by Gasteiger charge is -2.23. The first-order valence-electron chi connectivity index (χ1n) is 9.45. The molecule has 1 atom stereocenters. The van der Waals surface area contributed by atoms with Gasteiger partial charge in [-0.15, -0.1) is 0 Å². The molecule has 1 aliphatic rings. The molecule has 0 radical (unpaired) electrons. The summed E-state index contributed by atoms with van der Waals surface area (Å²) < 4.78 is 5.73. The SMILES string of the molecule is CC(C)c1nc2cc(NC(=O)[C@H]3CCCN3Cc3ccccn3)ccc2o1. The van der Waals surface area contributed by atoms with E-state index in [0.29, 0.717) is 12.4 Å². The highest BCUT2D eigenvalue weighted by Crippen LogP contribution is 2.25. The Balaban J connectivity index is 1.47. The van der Waals surface area contributed by atoms with Gasteiger partial charge in [0.1, 0.15) is 5.52 Å². The van der Waals surface area contributed by atoms with Gasteiger partial charge in [-0.05, 0) is 49.7 Å². The maximum absolute atomic E-state index is 12.8. The molecule has 27 heavy (non-hydrogen) atoms. The molecule has 0 unspecified atom stereocenters. The van der Waals surface area contributed by atoms with Crippen molar-refractivity contribution < 1.29 is 9.21 Å². The van der Waals surface area contributed by atoms with Crippen molar-refractivity contribution in [1.29, 1.82) is 0 Å². The molecule has 1 amide bonds. The Morgan fingerprint density at radius 3 is 3.00 bits per heavy atom. The molecular formula is C21H24N4O2. The number of hydrogen-bond donors (Lipinski definition) is 1. The van der Waals surface area contributed by atoms with E-state index in [-0.39, 0.29) is 17.9 Å². The van der Waals surface area contributed by atoms with E-state index in [0.717, 1.165) is 41.9 Å². The second-order valence-electron chi connectivity index (χ2n) is 7.33. The maximum Gasteiger partial charge on any atom is 0.241 e. The Kier molecular flexibility index (Phi) is 4.90. The molecule has 3 heterocycles. The molecule has 0 bridgehead atoms. The average molecular weight is 364 g/mol. The molecule has 2 aromatic heterocycles. The van der Waals surface area contributed by atoms with Gasteiger partial charge in [-0.25, -0.2) is 4.98 Å². The molecule has 0 aliphatic carbocycles. The molecule has 0 saturated carbocycles. The normalized spacial score (nSPS) is 17.7. The van der Waals surface area contributed by atoms with Crippen molar-refractivity contribution in [3.8, 4) is 0 Å². The van der Waals surface area contributed by atoms with Crippen LogP contribution in [0.4, 0.5) is 5.69 Å². The number of pyridine rings is 1. The number of nitrogens with one attached hydrogen (secondary N) is 1. The number of aromatic nitrogens is 2. The lowest BCUT2D eigenvalue weighted by Crippen LogP contribution is -2.39. The largest absolute Gasteiger partial charge is 0.440 e. The highest BCUT2D eigenvalue weighted by Gasteiger charge is 2.31. The molecule has 3 aromatic rings. The zero-order valence-electron chi connectivity index (χ0n) is 15.7. The van der Waals surface area contributed by atoms with Crippen LogP contribution in [0, 0.1) is 0 Å². The lowest BCUT2D eigenvalue weighted by molar-refractivity contribution is -0.120. The molecule has 1 fully saturated rings. The van der Waals surface area contributed by atoms with Crippen LogP contribution in [0.2, 0.25) is 0 Å². The predicted octanol–water partition coefficient (Wildman–Crippen LogP) is 3.95. The number of likely N-dealkylation sites (tertiary alicyclic amines) is 1. The third-order valence-electron chi connectivity index (χ3n) is 4.92. The van der Waals surface area contributed by atoms with Gasteiger partial charge in [0.15, 0.2) is 11.5 Å². The van der Waals surface area contributed by atoms with E-state index in [1.807, 2.05) is 50.2 Å². The number of fused-ring (bicyclic) bond motifs is 1. The zero-order valence-corrected chi connectivity index (χ0v) is 15.7. The van der Waals surface area contributed by atoms with Crippen molar-refractivity contribution >= 4 is 22.7 Å². The van der Waals surface area contributed by atoms with Crippen molar-refractivity contribution in [3.63, 3.8) is 0 Å². The summed E-state index contributed by atoms with van der Waals surface area (Å²) in [5, 5.41) is 3.05. The molecule has 1 N–H and O–H groups in total. The smallest absolute Gasteiger partial charge is 0.241 e. The number of carbonyl (C=O) groups is 1. The average Bonchev–Trinajstić information content (AvgIpc) is 3.29. The van der Waals surface area contributed by atoms with Crippen LogP contribution >= 0.6 is 0 Å². The summed E-state index contributed by atoms with van der Waals surface area (Å²) >= 11 is 0. The van der Waals surface area contributed by atoms with E-state index in [1.54, 1.807) is 6.20 Å². The highest BCUT2D eigenvalue weighted by molar-refractivity contribution is 5.96. The van der Waals surface area contributed by atoms with E-state index < -0.39 is 0 Å². The molecule has 1 saturated heterocycles. The summed E-state index contributed by atoms with van der Waals surface area (Å²) in [7, 11) is 0. The van der Waals surface area contributed by atoms with Crippen molar-refractivity contribution in [2.75, 3.05) is 11.9 Å². The standard InChI is InChI=1S/C21H24N4O2/c1-14(2)21-24-17-12-15(8-9-19(17)27-21)23-20(26)18-7-5-11-25(18)13-16-6-3-4-10-22-16/h3-4,6,8-10,12,14,18H,5,7,11,13H2,1-2H3,(H,23,26)/t18-/m1/s1. The Morgan fingerprint density at radius 2 is 2.22 bits per heavy atom. The van der Waals surface area contributed by atoms with E-state index in [9.17, 15) is 4.79 Å². The summed E-state index contributed by atoms with van der Waals surface area (Å²) in [4.78, 5) is 23.9. The fraction of sp³-hybridized carbons (Fsp3) is 0.381. The Labute approximate surface area is 158 Å². The fourth-order valence-corrected chi connectivity index (χ4v) is 3.51. The van der Waals surface area contributed by atoms with E-state index in [4.69, 9.17) is 4.42 Å². The second-order valence-corrected chi connectivity index (χ2v) is 7.33. The lowest BCUT2D eigenvalue weighted by atomic mass is 10.2. The first kappa shape index (κ1) is 17.7. The van der Waals surface area contributed by atoms with Gasteiger partial charge in [-0.3, -0.25) is 14.7 Å². The summed E-state index contributed by atoms with van der Waals surface area (Å²) in [6.45, 7) is 5.70. The van der Waals surface area contributed by atoms with Crippen LogP contribution in [0.3, 0.4) is 0 Å². The van der Waals surface area contributed by atoms with Gasteiger partial charge in [0.2, 0.25) is 5.91 Å². The molecule has 6 heteroatoms. The number of rotatable bonds is 5. The molecule has 140 valence electrons. The number of carbonyl (C=O) groups excluding carboxylic acids is 1. The molecule has 0 spiro atoms. The van der Waals surface area contributed by atoms with Crippen molar-refractivity contribution in [3.05, 3.63) is 54.2 Å². The Bertz CT molecular complexity index is 936. The predicted molar refractivity (Wildman–Crippen MR) is 104 cm³/mol. The summed E-state index contributed by atoms with van der Waals surface area (Å²) in [5.41, 5.74) is 3.26. The number of anilines is 1. The molecule has 1 aliphatic heterocycles. The summed E-state index contributed by atoms with van der Waals surface area (Å²) in [5.74, 6) is 0.968. The first-order valence-corrected chi connectivity index (χ1v) is 9.45. The third kappa shape index (κ3) is 3.85. The van der Waals surface area contributed by atoms with Crippen molar-refractivity contribution in [2.24, 2.45) is 0 Å². The van der Waals surface area contributed by atoms with Gasteiger partial charge in [0.25, 0.3) is 0 Å². The Hall–Kier alpha value is -2.73. The highest BCUT2D eigenvalue weighted by atomic mass is 16.3. The van der Waals surface area contributed by atoms with Gasteiger partial charge >= 0.3 is 0 Å². The first-order chi connectivity index (χ1) is 13.1. The minimum absolute atomic E-state index is 0.0235. The third-order valence-corrected chi connectivity index (χ3v) is 4.92.